The number of rotatable bonds is 2. The van der Waals surface area contributed by atoms with Crippen LogP contribution in [0.2, 0.25) is 0 Å². The van der Waals surface area contributed by atoms with Crippen molar-refractivity contribution in [3.8, 4) is 0 Å². The molecule has 3 rings (SSSR count). The van der Waals surface area contributed by atoms with Crippen molar-refractivity contribution < 1.29 is 9.59 Å². The molecule has 0 bridgehead atoms. The zero-order valence-corrected chi connectivity index (χ0v) is 12.6. The lowest BCUT2D eigenvalue weighted by atomic mass is 10.2. The number of nitrogens with zero attached hydrogens (tertiary/aromatic N) is 4. The molecular formula is C15H21N5O2. The van der Waals surface area contributed by atoms with E-state index in [9.17, 15) is 9.59 Å². The Hall–Kier alpha value is -2.18. The second kappa shape index (κ2) is 6.72. The quantitative estimate of drug-likeness (QED) is 0.789. The normalized spacial score (nSPS) is 19.3. The Kier molecular flexibility index (Phi) is 4.50. The third-order valence-electron chi connectivity index (χ3n) is 4.29. The van der Waals surface area contributed by atoms with Crippen LogP contribution >= 0.6 is 0 Å². The van der Waals surface area contributed by atoms with Gasteiger partial charge in [0.25, 0.3) is 0 Å². The molecule has 0 atom stereocenters. The number of nitrogens with one attached hydrogen (secondary N) is 1. The first kappa shape index (κ1) is 14.7. The highest BCUT2D eigenvalue weighted by Gasteiger charge is 2.28. The topological polar surface area (TPSA) is 78.4 Å². The summed E-state index contributed by atoms with van der Waals surface area (Å²) >= 11 is 0. The molecule has 2 aliphatic rings. The summed E-state index contributed by atoms with van der Waals surface area (Å²) in [6, 6.07) is 1.95. The van der Waals surface area contributed by atoms with Crippen molar-refractivity contribution >= 4 is 17.8 Å². The van der Waals surface area contributed by atoms with Crippen LogP contribution in [0.4, 0.5) is 5.95 Å². The molecule has 0 aromatic carbocycles. The van der Waals surface area contributed by atoms with Gasteiger partial charge < -0.3 is 15.1 Å². The summed E-state index contributed by atoms with van der Waals surface area (Å²) in [7, 11) is 0. The van der Waals surface area contributed by atoms with Crippen LogP contribution in [-0.4, -0.2) is 58.9 Å². The summed E-state index contributed by atoms with van der Waals surface area (Å²) in [4.78, 5) is 36.3. The van der Waals surface area contributed by atoms with Crippen molar-refractivity contribution in [1.29, 1.82) is 0 Å². The molecule has 0 unspecified atom stereocenters. The fourth-order valence-electron chi connectivity index (χ4n) is 3.02. The molecule has 7 heteroatoms. The third-order valence-corrected chi connectivity index (χ3v) is 4.29. The minimum absolute atomic E-state index is 0.176. The Morgan fingerprint density at radius 2 is 1.68 bits per heavy atom. The molecule has 118 valence electrons. The Bertz CT molecular complexity index is 522. The highest BCUT2D eigenvalue weighted by Crippen LogP contribution is 2.17. The van der Waals surface area contributed by atoms with Crippen molar-refractivity contribution in [1.82, 2.24) is 20.2 Å². The van der Waals surface area contributed by atoms with E-state index in [2.05, 4.69) is 15.3 Å². The second-order valence-corrected chi connectivity index (χ2v) is 5.78. The first-order valence-electron chi connectivity index (χ1n) is 7.86. The molecular weight excluding hydrogens is 282 g/mol. The van der Waals surface area contributed by atoms with Gasteiger partial charge in [-0.05, 0) is 18.9 Å². The number of carbonyl (C=O) groups is 2. The van der Waals surface area contributed by atoms with Crippen LogP contribution < -0.4 is 10.2 Å². The van der Waals surface area contributed by atoms with Crippen molar-refractivity contribution in [2.75, 3.05) is 31.1 Å². The number of carbonyl (C=O) groups excluding carboxylic acids is 2. The summed E-state index contributed by atoms with van der Waals surface area (Å²) in [6.07, 6.45) is 7.64. The van der Waals surface area contributed by atoms with Crippen molar-refractivity contribution in [2.24, 2.45) is 0 Å². The molecule has 22 heavy (non-hydrogen) atoms. The Morgan fingerprint density at radius 3 is 2.32 bits per heavy atom. The van der Waals surface area contributed by atoms with Gasteiger partial charge in [0.1, 0.15) is 0 Å². The van der Waals surface area contributed by atoms with E-state index in [0.29, 0.717) is 32.1 Å². The summed E-state index contributed by atoms with van der Waals surface area (Å²) in [6.45, 7) is 2.34. The SMILES string of the molecule is O=C(NC1CCCC1)C(=O)N1CCN(c2ncccn2)CC1. The zero-order valence-electron chi connectivity index (χ0n) is 12.6. The summed E-state index contributed by atoms with van der Waals surface area (Å²) in [5, 5.41) is 2.85. The van der Waals surface area contributed by atoms with Crippen molar-refractivity contribution in [3.05, 3.63) is 18.5 Å². The summed E-state index contributed by atoms with van der Waals surface area (Å²) in [5.74, 6) is -0.207. The largest absolute Gasteiger partial charge is 0.345 e. The maximum atomic E-state index is 12.2. The number of hydrogen-bond acceptors (Lipinski definition) is 5. The second-order valence-electron chi connectivity index (χ2n) is 5.78. The maximum absolute atomic E-state index is 12.2. The Labute approximate surface area is 129 Å². The van der Waals surface area contributed by atoms with Crippen LogP contribution in [0.3, 0.4) is 0 Å². The molecule has 2 amide bonds. The standard InChI is InChI=1S/C15H21N5O2/c21-13(18-12-4-1-2-5-12)14(22)19-8-10-20(11-9-19)15-16-6-3-7-17-15/h3,6-7,12H,1-2,4-5,8-11H2,(H,18,21). The highest BCUT2D eigenvalue weighted by molar-refractivity contribution is 6.35. The number of anilines is 1. The van der Waals surface area contributed by atoms with Crippen LogP contribution in [0.25, 0.3) is 0 Å². The smallest absolute Gasteiger partial charge is 0.312 e. The average Bonchev–Trinajstić information content (AvgIpc) is 3.08. The molecule has 1 aliphatic heterocycles. The minimum Gasteiger partial charge on any atom is -0.345 e. The molecule has 7 nitrogen and oxygen atoms in total. The molecule has 0 radical (unpaired) electrons. The van der Waals surface area contributed by atoms with E-state index >= 15 is 0 Å². The van der Waals surface area contributed by atoms with Gasteiger partial charge in [0.2, 0.25) is 5.95 Å². The Morgan fingerprint density at radius 1 is 1.05 bits per heavy atom. The molecule has 1 saturated heterocycles. The first-order chi connectivity index (χ1) is 10.7. The predicted octanol–water partition coefficient (Wildman–Crippen LogP) is 0.184. The van der Waals surface area contributed by atoms with E-state index < -0.39 is 11.8 Å². The molecule has 2 fully saturated rings. The maximum Gasteiger partial charge on any atom is 0.312 e. The van der Waals surface area contributed by atoms with Gasteiger partial charge in [-0.15, -0.1) is 0 Å². The lowest BCUT2D eigenvalue weighted by Crippen LogP contribution is -2.53. The fraction of sp³-hybridized carbons (Fsp3) is 0.600. The van der Waals surface area contributed by atoms with Gasteiger partial charge in [-0.25, -0.2) is 9.97 Å². The molecule has 1 N–H and O–H groups in total. The van der Waals surface area contributed by atoms with Gasteiger partial charge in [0.05, 0.1) is 0 Å². The van der Waals surface area contributed by atoms with Gasteiger partial charge in [-0.3, -0.25) is 9.59 Å². The molecule has 1 aromatic rings. The van der Waals surface area contributed by atoms with Gasteiger partial charge in [-0.2, -0.15) is 0 Å². The number of aromatic nitrogens is 2. The van der Waals surface area contributed by atoms with Crippen LogP contribution in [-0.2, 0) is 9.59 Å². The highest BCUT2D eigenvalue weighted by atomic mass is 16.2. The minimum atomic E-state index is -0.462. The van der Waals surface area contributed by atoms with Crippen molar-refractivity contribution in [3.63, 3.8) is 0 Å². The lowest BCUT2D eigenvalue weighted by molar-refractivity contribution is -0.146. The summed E-state index contributed by atoms with van der Waals surface area (Å²) in [5.41, 5.74) is 0. The number of hydrogen-bond donors (Lipinski definition) is 1. The summed E-state index contributed by atoms with van der Waals surface area (Å²) < 4.78 is 0. The fourth-order valence-corrected chi connectivity index (χ4v) is 3.02. The van der Waals surface area contributed by atoms with Gasteiger partial charge in [0.15, 0.2) is 0 Å². The number of amides is 2. The van der Waals surface area contributed by atoms with Crippen LogP contribution in [0.1, 0.15) is 25.7 Å². The van der Waals surface area contributed by atoms with E-state index in [4.69, 9.17) is 0 Å². The zero-order chi connectivity index (χ0) is 15.4. The average molecular weight is 303 g/mol. The number of piperazine rings is 1. The van der Waals surface area contributed by atoms with E-state index in [1.807, 2.05) is 4.90 Å². The van der Waals surface area contributed by atoms with Crippen LogP contribution in [0, 0.1) is 0 Å². The molecule has 1 aliphatic carbocycles. The van der Waals surface area contributed by atoms with Crippen molar-refractivity contribution in [2.45, 2.75) is 31.7 Å². The van der Waals surface area contributed by atoms with Crippen LogP contribution in [0.5, 0.6) is 0 Å². The van der Waals surface area contributed by atoms with Gasteiger partial charge in [0, 0.05) is 44.6 Å². The predicted molar refractivity (Wildman–Crippen MR) is 81.2 cm³/mol. The lowest BCUT2D eigenvalue weighted by Gasteiger charge is -2.34. The van der Waals surface area contributed by atoms with E-state index in [1.165, 1.54) is 0 Å². The van der Waals surface area contributed by atoms with E-state index in [-0.39, 0.29) is 6.04 Å². The van der Waals surface area contributed by atoms with E-state index in [0.717, 1.165) is 25.7 Å². The van der Waals surface area contributed by atoms with Gasteiger partial charge >= 0.3 is 11.8 Å². The Balaban J connectivity index is 1.50. The van der Waals surface area contributed by atoms with Gasteiger partial charge in [-0.1, -0.05) is 12.8 Å². The van der Waals surface area contributed by atoms with E-state index in [1.54, 1.807) is 23.4 Å². The monoisotopic (exact) mass is 303 g/mol. The molecule has 1 saturated carbocycles. The third kappa shape index (κ3) is 3.35. The molecule has 2 heterocycles. The van der Waals surface area contributed by atoms with Crippen LogP contribution in [0.15, 0.2) is 18.5 Å². The molecule has 1 aromatic heterocycles. The molecule has 0 spiro atoms. The first-order valence-corrected chi connectivity index (χ1v) is 7.86.